The van der Waals surface area contributed by atoms with Gasteiger partial charge >= 0.3 is 0 Å². The topological polar surface area (TPSA) is 33.1 Å². The summed E-state index contributed by atoms with van der Waals surface area (Å²) in [6.45, 7) is 3.23. The largest absolute Gasteiger partial charge is 0.381 e. The molecule has 1 aromatic carbocycles. The first-order chi connectivity index (χ1) is 8.43. The SMILES string of the molecule is Cc1cncc(C(C)(O)c2cccc(F)c2F)c1. The number of hydrogen-bond donors (Lipinski definition) is 1. The van der Waals surface area contributed by atoms with Crippen molar-refractivity contribution >= 4 is 0 Å². The average molecular weight is 249 g/mol. The van der Waals surface area contributed by atoms with Crippen molar-refractivity contribution in [3.05, 3.63) is 65.0 Å². The first-order valence-corrected chi connectivity index (χ1v) is 5.52. The van der Waals surface area contributed by atoms with Crippen molar-refractivity contribution in [3.8, 4) is 0 Å². The Morgan fingerprint density at radius 3 is 2.61 bits per heavy atom. The quantitative estimate of drug-likeness (QED) is 0.887. The summed E-state index contributed by atoms with van der Waals surface area (Å²) < 4.78 is 26.9. The van der Waals surface area contributed by atoms with Crippen LogP contribution < -0.4 is 0 Å². The highest BCUT2D eigenvalue weighted by molar-refractivity contribution is 5.36. The molecule has 4 heteroatoms. The summed E-state index contributed by atoms with van der Waals surface area (Å²) in [4.78, 5) is 3.95. The Morgan fingerprint density at radius 2 is 1.94 bits per heavy atom. The number of aliphatic hydroxyl groups is 1. The number of aromatic nitrogens is 1. The lowest BCUT2D eigenvalue weighted by Gasteiger charge is -2.25. The van der Waals surface area contributed by atoms with Crippen LogP contribution in [0.5, 0.6) is 0 Å². The van der Waals surface area contributed by atoms with E-state index < -0.39 is 17.2 Å². The second-order valence-electron chi connectivity index (χ2n) is 4.42. The summed E-state index contributed by atoms with van der Waals surface area (Å²) in [5.74, 6) is -2.02. The molecule has 0 amide bonds. The first kappa shape index (κ1) is 12.6. The smallest absolute Gasteiger partial charge is 0.165 e. The molecule has 0 saturated heterocycles. The zero-order valence-corrected chi connectivity index (χ0v) is 10.1. The fourth-order valence-corrected chi connectivity index (χ4v) is 1.86. The molecule has 18 heavy (non-hydrogen) atoms. The van der Waals surface area contributed by atoms with Gasteiger partial charge in [-0.2, -0.15) is 0 Å². The van der Waals surface area contributed by atoms with Gasteiger partial charge in [0.1, 0.15) is 5.60 Å². The monoisotopic (exact) mass is 249 g/mol. The van der Waals surface area contributed by atoms with Gasteiger partial charge in [-0.3, -0.25) is 4.98 Å². The normalized spacial score (nSPS) is 14.3. The molecule has 1 aromatic heterocycles. The average Bonchev–Trinajstić information content (AvgIpc) is 2.32. The Labute approximate surface area is 104 Å². The summed E-state index contributed by atoms with van der Waals surface area (Å²) in [6, 6.07) is 5.44. The van der Waals surface area contributed by atoms with E-state index in [1.165, 1.54) is 25.3 Å². The van der Waals surface area contributed by atoms with E-state index in [0.29, 0.717) is 5.56 Å². The Bertz CT molecular complexity index is 582. The third-order valence-corrected chi connectivity index (χ3v) is 2.91. The first-order valence-electron chi connectivity index (χ1n) is 5.52. The van der Waals surface area contributed by atoms with Crippen LogP contribution in [0, 0.1) is 18.6 Å². The second kappa shape index (κ2) is 4.46. The van der Waals surface area contributed by atoms with Crippen LogP contribution in [0.3, 0.4) is 0 Å². The van der Waals surface area contributed by atoms with Gasteiger partial charge in [-0.15, -0.1) is 0 Å². The van der Waals surface area contributed by atoms with Crippen molar-refractivity contribution in [2.45, 2.75) is 19.4 Å². The molecule has 1 unspecified atom stereocenters. The van der Waals surface area contributed by atoms with Crippen molar-refractivity contribution in [2.24, 2.45) is 0 Å². The molecule has 0 bridgehead atoms. The van der Waals surface area contributed by atoms with Gasteiger partial charge in [-0.05, 0) is 31.5 Å². The highest BCUT2D eigenvalue weighted by Crippen LogP contribution is 2.31. The van der Waals surface area contributed by atoms with E-state index in [9.17, 15) is 13.9 Å². The fraction of sp³-hybridized carbons (Fsp3) is 0.214. The maximum Gasteiger partial charge on any atom is 0.165 e. The van der Waals surface area contributed by atoms with Crippen LogP contribution in [0.25, 0.3) is 0 Å². The Hall–Kier alpha value is -1.81. The summed E-state index contributed by atoms with van der Waals surface area (Å²) >= 11 is 0. The van der Waals surface area contributed by atoms with E-state index in [1.54, 1.807) is 12.3 Å². The van der Waals surface area contributed by atoms with Crippen LogP contribution in [0.1, 0.15) is 23.6 Å². The molecule has 0 radical (unpaired) electrons. The molecule has 0 aliphatic rings. The third-order valence-electron chi connectivity index (χ3n) is 2.91. The minimum Gasteiger partial charge on any atom is -0.381 e. The number of benzene rings is 1. The van der Waals surface area contributed by atoms with Crippen molar-refractivity contribution in [1.82, 2.24) is 4.98 Å². The van der Waals surface area contributed by atoms with Crippen LogP contribution in [-0.4, -0.2) is 10.1 Å². The fourth-order valence-electron chi connectivity index (χ4n) is 1.86. The van der Waals surface area contributed by atoms with E-state index >= 15 is 0 Å². The molecule has 1 heterocycles. The van der Waals surface area contributed by atoms with Crippen molar-refractivity contribution in [2.75, 3.05) is 0 Å². The number of pyridine rings is 1. The van der Waals surface area contributed by atoms with Gasteiger partial charge < -0.3 is 5.11 Å². The second-order valence-corrected chi connectivity index (χ2v) is 4.42. The molecule has 1 N–H and O–H groups in total. The molecule has 0 saturated carbocycles. The summed E-state index contributed by atoms with van der Waals surface area (Å²) in [5.41, 5.74) is -0.461. The number of nitrogens with zero attached hydrogens (tertiary/aromatic N) is 1. The third kappa shape index (κ3) is 2.11. The molecular formula is C14H13F2NO. The van der Waals surface area contributed by atoms with E-state index in [2.05, 4.69) is 4.98 Å². The lowest BCUT2D eigenvalue weighted by molar-refractivity contribution is 0.0965. The molecule has 0 aliphatic heterocycles. The van der Waals surface area contributed by atoms with Gasteiger partial charge in [0, 0.05) is 23.5 Å². The van der Waals surface area contributed by atoms with Crippen LogP contribution >= 0.6 is 0 Å². The molecule has 0 aliphatic carbocycles. The van der Waals surface area contributed by atoms with Crippen molar-refractivity contribution in [3.63, 3.8) is 0 Å². The summed E-state index contributed by atoms with van der Waals surface area (Å²) in [6.07, 6.45) is 3.07. The number of hydrogen-bond acceptors (Lipinski definition) is 2. The number of rotatable bonds is 2. The van der Waals surface area contributed by atoms with Gasteiger partial charge in [0.15, 0.2) is 11.6 Å². The van der Waals surface area contributed by atoms with Gasteiger partial charge in [-0.1, -0.05) is 12.1 Å². The van der Waals surface area contributed by atoms with Crippen molar-refractivity contribution < 1.29 is 13.9 Å². The molecule has 0 fully saturated rings. The molecular weight excluding hydrogens is 236 g/mol. The molecule has 2 nitrogen and oxygen atoms in total. The summed E-state index contributed by atoms with van der Waals surface area (Å²) in [5, 5.41) is 10.4. The zero-order valence-electron chi connectivity index (χ0n) is 10.1. The number of aryl methyl sites for hydroxylation is 1. The maximum atomic E-state index is 13.7. The van der Waals surface area contributed by atoms with E-state index in [4.69, 9.17) is 0 Å². The molecule has 94 valence electrons. The summed E-state index contributed by atoms with van der Waals surface area (Å²) in [7, 11) is 0. The lowest BCUT2D eigenvalue weighted by atomic mass is 9.88. The minimum absolute atomic E-state index is 0.102. The van der Waals surface area contributed by atoms with Crippen LogP contribution in [0.4, 0.5) is 8.78 Å². The predicted molar refractivity (Wildman–Crippen MR) is 64.0 cm³/mol. The van der Waals surface area contributed by atoms with Crippen LogP contribution in [0.2, 0.25) is 0 Å². The van der Waals surface area contributed by atoms with Gasteiger partial charge in [0.2, 0.25) is 0 Å². The highest BCUT2D eigenvalue weighted by atomic mass is 19.2. The Kier molecular flexibility index (Phi) is 3.13. The minimum atomic E-state index is -1.62. The predicted octanol–water partition coefficient (Wildman–Crippen LogP) is 2.92. The zero-order chi connectivity index (χ0) is 13.3. The van der Waals surface area contributed by atoms with Crippen molar-refractivity contribution in [1.29, 1.82) is 0 Å². The molecule has 0 spiro atoms. The highest BCUT2D eigenvalue weighted by Gasteiger charge is 2.30. The van der Waals surface area contributed by atoms with Gasteiger partial charge in [-0.25, -0.2) is 8.78 Å². The molecule has 2 aromatic rings. The van der Waals surface area contributed by atoms with E-state index in [0.717, 1.165) is 11.6 Å². The molecule has 2 rings (SSSR count). The van der Waals surface area contributed by atoms with Gasteiger partial charge in [0.25, 0.3) is 0 Å². The van der Waals surface area contributed by atoms with Crippen LogP contribution in [-0.2, 0) is 5.60 Å². The lowest BCUT2D eigenvalue weighted by Crippen LogP contribution is -2.25. The number of halogens is 2. The standard InChI is InChI=1S/C14H13F2NO/c1-9-6-10(8-17-7-9)14(2,18)11-4-3-5-12(15)13(11)16/h3-8,18H,1-2H3. The Balaban J connectivity index is 2.57. The van der Waals surface area contributed by atoms with E-state index in [-0.39, 0.29) is 5.56 Å². The molecule has 1 atom stereocenters. The van der Waals surface area contributed by atoms with E-state index in [1.807, 2.05) is 6.92 Å². The Morgan fingerprint density at radius 1 is 1.22 bits per heavy atom. The maximum absolute atomic E-state index is 13.7. The van der Waals surface area contributed by atoms with Gasteiger partial charge in [0.05, 0.1) is 0 Å². The van der Waals surface area contributed by atoms with Crippen LogP contribution in [0.15, 0.2) is 36.7 Å².